The normalized spacial score (nSPS) is 20.1. The maximum Gasteiger partial charge on any atom is 0.109 e. The summed E-state index contributed by atoms with van der Waals surface area (Å²) in [5, 5.41) is 0. The van der Waals surface area contributed by atoms with Gasteiger partial charge in [-0.1, -0.05) is 80.1 Å². The lowest BCUT2D eigenvalue weighted by Gasteiger charge is -2.48. The van der Waals surface area contributed by atoms with Crippen molar-refractivity contribution in [3.63, 3.8) is 0 Å². The lowest BCUT2D eigenvalue weighted by molar-refractivity contribution is 0.382. The molecule has 0 spiro atoms. The zero-order chi connectivity index (χ0) is 20.5. The van der Waals surface area contributed by atoms with Crippen molar-refractivity contribution in [3.05, 3.63) is 96.1 Å². The van der Waals surface area contributed by atoms with E-state index in [1.54, 1.807) is 0 Å². The zero-order valence-corrected chi connectivity index (χ0v) is 17.9. The SMILES string of the molecule is CCCC1(c2ccccc2)/C(=N\c2ccccc2)c2ccccc2N1C(C)(C)C. The largest absolute Gasteiger partial charge is 0.351 e. The molecular weight excluding hydrogens is 352 g/mol. The van der Waals surface area contributed by atoms with Crippen molar-refractivity contribution in [3.8, 4) is 0 Å². The van der Waals surface area contributed by atoms with Crippen molar-refractivity contribution in [1.29, 1.82) is 0 Å². The third kappa shape index (κ3) is 3.27. The number of para-hydroxylation sites is 2. The van der Waals surface area contributed by atoms with Crippen LogP contribution in [0.3, 0.4) is 0 Å². The number of rotatable bonds is 4. The second-order valence-corrected chi connectivity index (χ2v) is 8.80. The van der Waals surface area contributed by atoms with Gasteiger partial charge >= 0.3 is 0 Å². The molecule has 148 valence electrons. The molecule has 1 heterocycles. The van der Waals surface area contributed by atoms with Gasteiger partial charge in [0.1, 0.15) is 5.54 Å². The molecule has 3 aromatic rings. The summed E-state index contributed by atoms with van der Waals surface area (Å²) >= 11 is 0. The molecule has 0 bridgehead atoms. The molecule has 2 nitrogen and oxygen atoms in total. The molecule has 2 heteroatoms. The summed E-state index contributed by atoms with van der Waals surface area (Å²) in [6.45, 7) is 9.20. The van der Waals surface area contributed by atoms with E-state index < -0.39 is 0 Å². The van der Waals surface area contributed by atoms with Crippen molar-refractivity contribution in [2.75, 3.05) is 4.90 Å². The van der Waals surface area contributed by atoms with Gasteiger partial charge in [-0.05, 0) is 51.0 Å². The second kappa shape index (κ2) is 7.51. The number of benzene rings is 3. The van der Waals surface area contributed by atoms with Crippen molar-refractivity contribution < 1.29 is 0 Å². The molecule has 1 aliphatic heterocycles. The van der Waals surface area contributed by atoms with Crippen molar-refractivity contribution in [2.45, 2.75) is 51.6 Å². The van der Waals surface area contributed by atoms with Crippen LogP contribution in [0.25, 0.3) is 0 Å². The Morgan fingerprint density at radius 3 is 2.00 bits per heavy atom. The minimum Gasteiger partial charge on any atom is -0.351 e. The van der Waals surface area contributed by atoms with E-state index in [9.17, 15) is 0 Å². The molecular formula is C27H30N2. The van der Waals surface area contributed by atoms with Crippen molar-refractivity contribution in [2.24, 2.45) is 4.99 Å². The summed E-state index contributed by atoms with van der Waals surface area (Å²) in [6, 6.07) is 30.0. The van der Waals surface area contributed by atoms with Gasteiger partial charge < -0.3 is 4.90 Å². The molecule has 3 aromatic carbocycles. The lowest BCUT2D eigenvalue weighted by atomic mass is 9.78. The summed E-state index contributed by atoms with van der Waals surface area (Å²) in [5.74, 6) is 0. The predicted octanol–water partition coefficient (Wildman–Crippen LogP) is 7.12. The summed E-state index contributed by atoms with van der Waals surface area (Å²) < 4.78 is 0. The third-order valence-corrected chi connectivity index (χ3v) is 5.70. The number of hydrogen-bond donors (Lipinski definition) is 0. The molecule has 0 saturated heterocycles. The molecule has 4 rings (SSSR count). The first-order valence-electron chi connectivity index (χ1n) is 10.6. The smallest absolute Gasteiger partial charge is 0.109 e. The maximum atomic E-state index is 5.29. The molecule has 1 aliphatic rings. The van der Waals surface area contributed by atoms with Gasteiger partial charge in [-0.15, -0.1) is 0 Å². The van der Waals surface area contributed by atoms with Gasteiger partial charge in [0.05, 0.1) is 11.4 Å². The van der Waals surface area contributed by atoms with Crippen LogP contribution in [-0.4, -0.2) is 11.3 Å². The highest BCUT2D eigenvalue weighted by molar-refractivity contribution is 6.18. The minimum absolute atomic E-state index is 0.0604. The minimum atomic E-state index is -0.298. The highest BCUT2D eigenvalue weighted by atomic mass is 15.3. The Morgan fingerprint density at radius 2 is 1.38 bits per heavy atom. The van der Waals surface area contributed by atoms with Gasteiger partial charge in [-0.3, -0.25) is 0 Å². The summed E-state index contributed by atoms with van der Waals surface area (Å²) in [5.41, 5.74) is 5.62. The Bertz CT molecular complexity index is 999. The van der Waals surface area contributed by atoms with Crippen molar-refractivity contribution >= 4 is 17.1 Å². The molecule has 0 N–H and O–H groups in total. The Kier molecular flexibility index (Phi) is 5.04. The predicted molar refractivity (Wildman–Crippen MR) is 124 cm³/mol. The standard InChI is InChI=1S/C27H30N2/c1-5-20-27(21-14-8-6-9-15-21)25(28-22-16-10-7-11-17-22)23-18-12-13-19-24(23)29(27)26(2,3)4/h6-19H,5,20H2,1-4H3/b28-25-. The van der Waals surface area contributed by atoms with Crippen LogP contribution in [0.15, 0.2) is 89.9 Å². The lowest BCUT2D eigenvalue weighted by Crippen LogP contribution is -2.56. The molecule has 0 aromatic heterocycles. The number of aliphatic imine (C=N–C) groups is 1. The van der Waals surface area contributed by atoms with Crippen LogP contribution in [0.4, 0.5) is 11.4 Å². The van der Waals surface area contributed by atoms with Gasteiger partial charge in [0.25, 0.3) is 0 Å². The topological polar surface area (TPSA) is 15.6 Å². The van der Waals surface area contributed by atoms with E-state index in [0.29, 0.717) is 0 Å². The molecule has 0 amide bonds. The number of hydrogen-bond acceptors (Lipinski definition) is 2. The van der Waals surface area contributed by atoms with Crippen LogP contribution in [-0.2, 0) is 5.54 Å². The Balaban J connectivity index is 2.08. The molecule has 0 radical (unpaired) electrons. The third-order valence-electron chi connectivity index (χ3n) is 5.70. The quantitative estimate of drug-likeness (QED) is 0.469. The van der Waals surface area contributed by atoms with Gasteiger partial charge in [0.15, 0.2) is 0 Å². The van der Waals surface area contributed by atoms with E-state index in [0.717, 1.165) is 24.2 Å². The molecule has 0 aliphatic carbocycles. The first-order chi connectivity index (χ1) is 14.0. The van der Waals surface area contributed by atoms with E-state index in [4.69, 9.17) is 4.99 Å². The fraction of sp³-hybridized carbons (Fsp3) is 0.296. The maximum absolute atomic E-state index is 5.29. The van der Waals surface area contributed by atoms with Crippen LogP contribution in [0.1, 0.15) is 51.7 Å². The Morgan fingerprint density at radius 1 is 0.793 bits per heavy atom. The zero-order valence-electron chi connectivity index (χ0n) is 17.9. The van der Waals surface area contributed by atoms with Crippen LogP contribution in [0, 0.1) is 0 Å². The summed E-state index contributed by atoms with van der Waals surface area (Å²) in [7, 11) is 0. The van der Waals surface area contributed by atoms with Gasteiger partial charge in [0, 0.05) is 16.8 Å². The summed E-state index contributed by atoms with van der Waals surface area (Å²) in [4.78, 5) is 7.89. The average molecular weight is 383 g/mol. The van der Waals surface area contributed by atoms with Gasteiger partial charge in [-0.25, -0.2) is 4.99 Å². The fourth-order valence-electron chi connectivity index (χ4n) is 4.84. The molecule has 0 saturated carbocycles. The molecule has 1 unspecified atom stereocenters. The van der Waals surface area contributed by atoms with E-state index in [1.165, 1.54) is 16.8 Å². The van der Waals surface area contributed by atoms with E-state index in [1.807, 2.05) is 6.07 Å². The summed E-state index contributed by atoms with van der Waals surface area (Å²) in [6.07, 6.45) is 2.08. The number of anilines is 1. The first kappa shape index (κ1) is 19.4. The monoisotopic (exact) mass is 382 g/mol. The molecule has 0 fully saturated rings. The van der Waals surface area contributed by atoms with E-state index in [-0.39, 0.29) is 11.1 Å². The average Bonchev–Trinajstić information content (AvgIpc) is 3.00. The van der Waals surface area contributed by atoms with Crippen LogP contribution >= 0.6 is 0 Å². The van der Waals surface area contributed by atoms with E-state index in [2.05, 4.69) is 111 Å². The molecule has 29 heavy (non-hydrogen) atoms. The Hall–Kier alpha value is -2.87. The number of fused-ring (bicyclic) bond motifs is 1. The Labute approximate surface area is 174 Å². The van der Waals surface area contributed by atoms with Crippen LogP contribution in [0.2, 0.25) is 0 Å². The highest BCUT2D eigenvalue weighted by Gasteiger charge is 2.53. The van der Waals surface area contributed by atoms with Crippen LogP contribution < -0.4 is 4.90 Å². The van der Waals surface area contributed by atoms with Gasteiger partial charge in [-0.2, -0.15) is 0 Å². The van der Waals surface area contributed by atoms with Crippen molar-refractivity contribution in [1.82, 2.24) is 0 Å². The van der Waals surface area contributed by atoms with E-state index >= 15 is 0 Å². The van der Waals surface area contributed by atoms with Gasteiger partial charge in [0.2, 0.25) is 0 Å². The van der Waals surface area contributed by atoms with Crippen LogP contribution in [0.5, 0.6) is 0 Å². The first-order valence-corrected chi connectivity index (χ1v) is 10.6. The number of nitrogens with zero attached hydrogens (tertiary/aromatic N) is 2. The molecule has 1 atom stereocenters. The second-order valence-electron chi connectivity index (χ2n) is 8.80. The highest BCUT2D eigenvalue weighted by Crippen LogP contribution is 2.52. The fourth-order valence-corrected chi connectivity index (χ4v) is 4.84.